The standard InChI is InChI=1S/C22H17F3N4O2/c23-22(24,25)15-11-17(20(30)26-13-15)27-21(31)18-12-19(14-7-3-1-4-8-14)29(28-18)16-9-5-2-6-10-16/h1-11,13,19H,12H2,(H,26,30)(H,27,31). The molecule has 6 nitrogen and oxygen atoms in total. The molecule has 158 valence electrons. The molecular weight excluding hydrogens is 409 g/mol. The Labute approximate surface area is 175 Å². The zero-order chi connectivity index (χ0) is 22.0. The number of hydrogen-bond acceptors (Lipinski definition) is 4. The van der Waals surface area contributed by atoms with Gasteiger partial charge in [0.05, 0.1) is 17.3 Å². The highest BCUT2D eigenvalue weighted by Crippen LogP contribution is 2.35. The van der Waals surface area contributed by atoms with Crippen molar-refractivity contribution in [3.63, 3.8) is 0 Å². The van der Waals surface area contributed by atoms with Gasteiger partial charge in [0, 0.05) is 12.6 Å². The number of aromatic amines is 1. The van der Waals surface area contributed by atoms with Crippen LogP contribution in [0.1, 0.15) is 23.6 Å². The number of amides is 1. The third-order valence-corrected chi connectivity index (χ3v) is 4.86. The van der Waals surface area contributed by atoms with E-state index in [9.17, 15) is 22.8 Å². The molecule has 31 heavy (non-hydrogen) atoms. The van der Waals surface area contributed by atoms with Gasteiger partial charge in [0.15, 0.2) is 0 Å². The average molecular weight is 426 g/mol. The van der Waals surface area contributed by atoms with Gasteiger partial charge in [0.25, 0.3) is 11.5 Å². The molecule has 3 aromatic rings. The molecule has 0 spiro atoms. The van der Waals surface area contributed by atoms with E-state index in [0.717, 1.165) is 11.3 Å². The fourth-order valence-corrected chi connectivity index (χ4v) is 3.34. The van der Waals surface area contributed by atoms with Crippen LogP contribution in [-0.4, -0.2) is 16.6 Å². The molecule has 1 atom stereocenters. The minimum atomic E-state index is -4.66. The van der Waals surface area contributed by atoms with Gasteiger partial charge in [-0.3, -0.25) is 14.6 Å². The van der Waals surface area contributed by atoms with Gasteiger partial charge in [0.1, 0.15) is 11.4 Å². The highest BCUT2D eigenvalue weighted by molar-refractivity contribution is 6.43. The summed E-state index contributed by atoms with van der Waals surface area (Å²) in [6.07, 6.45) is -3.87. The highest BCUT2D eigenvalue weighted by atomic mass is 19.4. The van der Waals surface area contributed by atoms with E-state index in [1.807, 2.05) is 65.6 Å². The van der Waals surface area contributed by atoms with E-state index >= 15 is 0 Å². The molecule has 0 saturated carbocycles. The molecule has 1 aromatic heterocycles. The maximum atomic E-state index is 13.0. The largest absolute Gasteiger partial charge is 0.417 e. The van der Waals surface area contributed by atoms with Crippen LogP contribution in [0.5, 0.6) is 0 Å². The lowest BCUT2D eigenvalue weighted by Crippen LogP contribution is -2.26. The fraction of sp³-hybridized carbons (Fsp3) is 0.136. The van der Waals surface area contributed by atoms with E-state index in [2.05, 4.69) is 10.4 Å². The van der Waals surface area contributed by atoms with Crippen molar-refractivity contribution in [2.24, 2.45) is 5.10 Å². The number of benzene rings is 2. The molecule has 0 radical (unpaired) electrons. The van der Waals surface area contributed by atoms with E-state index in [-0.39, 0.29) is 18.2 Å². The summed E-state index contributed by atoms with van der Waals surface area (Å²) in [5.74, 6) is -0.732. The molecule has 4 rings (SSSR count). The predicted octanol–water partition coefficient (Wildman–Crippen LogP) is 4.34. The Morgan fingerprint density at radius 2 is 1.71 bits per heavy atom. The van der Waals surface area contributed by atoms with Crippen molar-refractivity contribution in [2.45, 2.75) is 18.6 Å². The number of carbonyl (C=O) groups excluding carboxylic acids is 1. The average Bonchev–Trinajstić information content (AvgIpc) is 3.21. The van der Waals surface area contributed by atoms with Crippen molar-refractivity contribution >= 4 is 23.0 Å². The van der Waals surface area contributed by atoms with Crippen molar-refractivity contribution in [2.75, 3.05) is 10.3 Å². The molecule has 2 N–H and O–H groups in total. The van der Waals surface area contributed by atoms with Crippen molar-refractivity contribution in [1.29, 1.82) is 0 Å². The van der Waals surface area contributed by atoms with Crippen molar-refractivity contribution in [3.8, 4) is 0 Å². The van der Waals surface area contributed by atoms with Crippen molar-refractivity contribution in [1.82, 2.24) is 4.98 Å². The smallest absolute Gasteiger partial charge is 0.327 e. The lowest BCUT2D eigenvalue weighted by molar-refractivity contribution is -0.137. The van der Waals surface area contributed by atoms with E-state index in [0.29, 0.717) is 12.3 Å². The number of halogens is 3. The Kier molecular flexibility index (Phi) is 5.33. The quantitative estimate of drug-likeness (QED) is 0.652. The number of alkyl halides is 3. The SMILES string of the molecule is O=C(Nc1cc(C(F)(F)F)c[nH]c1=O)C1=NN(c2ccccc2)C(c2ccccc2)C1. The first kappa shape index (κ1) is 20.4. The van der Waals surface area contributed by atoms with Crippen LogP contribution in [0.2, 0.25) is 0 Å². The molecule has 0 saturated heterocycles. The Hall–Kier alpha value is -3.88. The number of aromatic nitrogens is 1. The van der Waals surface area contributed by atoms with Gasteiger partial charge in [-0.2, -0.15) is 18.3 Å². The van der Waals surface area contributed by atoms with Crippen molar-refractivity contribution in [3.05, 3.63) is 94.4 Å². The number of nitrogens with one attached hydrogen (secondary N) is 2. The van der Waals surface area contributed by atoms with E-state index in [4.69, 9.17) is 0 Å². The number of nitrogens with zero attached hydrogens (tertiary/aromatic N) is 2. The van der Waals surface area contributed by atoms with Gasteiger partial charge < -0.3 is 10.3 Å². The van der Waals surface area contributed by atoms with E-state index in [1.54, 1.807) is 5.01 Å². The zero-order valence-electron chi connectivity index (χ0n) is 16.1. The number of H-pyrrole nitrogens is 1. The molecule has 0 aliphatic carbocycles. The van der Waals surface area contributed by atoms with Crippen LogP contribution in [0.25, 0.3) is 0 Å². The Morgan fingerprint density at radius 3 is 2.35 bits per heavy atom. The second kappa shape index (κ2) is 8.10. The summed E-state index contributed by atoms with van der Waals surface area (Å²) in [5, 5.41) is 8.38. The van der Waals surface area contributed by atoms with Gasteiger partial charge in [-0.1, -0.05) is 48.5 Å². The molecular formula is C22H17F3N4O2. The summed E-state index contributed by atoms with van der Waals surface area (Å²) < 4.78 is 38.9. The molecule has 1 aliphatic heterocycles. The summed E-state index contributed by atoms with van der Waals surface area (Å²) in [4.78, 5) is 26.7. The highest BCUT2D eigenvalue weighted by Gasteiger charge is 2.34. The molecule has 0 bridgehead atoms. The van der Waals surface area contributed by atoms with Crippen LogP contribution in [-0.2, 0) is 11.0 Å². The molecule has 9 heteroatoms. The summed E-state index contributed by atoms with van der Waals surface area (Å²) in [5.41, 5.74) is -0.597. The van der Waals surface area contributed by atoms with Gasteiger partial charge >= 0.3 is 6.18 Å². The first-order valence-electron chi connectivity index (χ1n) is 9.41. The molecule has 2 heterocycles. The topological polar surface area (TPSA) is 77.6 Å². The number of anilines is 2. The second-order valence-corrected chi connectivity index (χ2v) is 6.94. The summed E-state index contributed by atoms with van der Waals surface area (Å²) in [7, 11) is 0. The number of pyridine rings is 1. The lowest BCUT2D eigenvalue weighted by Gasteiger charge is -2.23. The maximum Gasteiger partial charge on any atom is 0.417 e. The first-order chi connectivity index (χ1) is 14.8. The summed E-state index contributed by atoms with van der Waals surface area (Å²) >= 11 is 0. The van der Waals surface area contributed by atoms with Crippen molar-refractivity contribution < 1.29 is 18.0 Å². The predicted molar refractivity (Wildman–Crippen MR) is 111 cm³/mol. The zero-order valence-corrected chi connectivity index (χ0v) is 16.1. The Balaban J connectivity index is 1.63. The molecule has 1 amide bonds. The minimum Gasteiger partial charge on any atom is -0.327 e. The molecule has 2 aromatic carbocycles. The lowest BCUT2D eigenvalue weighted by atomic mass is 10.0. The van der Waals surface area contributed by atoms with Crippen LogP contribution < -0.4 is 15.9 Å². The Morgan fingerprint density at radius 1 is 1.06 bits per heavy atom. The first-order valence-corrected chi connectivity index (χ1v) is 9.41. The van der Waals surface area contributed by atoms with Gasteiger partial charge in [-0.25, -0.2) is 0 Å². The van der Waals surface area contributed by atoms with Crippen LogP contribution in [0.4, 0.5) is 24.5 Å². The second-order valence-electron chi connectivity index (χ2n) is 6.94. The number of hydrogen-bond donors (Lipinski definition) is 2. The fourth-order valence-electron chi connectivity index (χ4n) is 3.34. The monoisotopic (exact) mass is 426 g/mol. The molecule has 1 unspecified atom stereocenters. The Bertz CT molecular complexity index is 1170. The van der Waals surface area contributed by atoms with Crippen LogP contribution in [0, 0.1) is 0 Å². The van der Waals surface area contributed by atoms with Gasteiger partial charge in [-0.15, -0.1) is 0 Å². The molecule has 0 fully saturated rings. The van der Waals surface area contributed by atoms with Crippen LogP contribution >= 0.6 is 0 Å². The van der Waals surface area contributed by atoms with E-state index < -0.39 is 28.9 Å². The van der Waals surface area contributed by atoms with E-state index in [1.165, 1.54) is 0 Å². The van der Waals surface area contributed by atoms with Crippen LogP contribution in [0.3, 0.4) is 0 Å². The summed E-state index contributed by atoms with van der Waals surface area (Å²) in [6, 6.07) is 19.0. The summed E-state index contributed by atoms with van der Waals surface area (Å²) in [6.45, 7) is 0. The number of hydrazone groups is 1. The number of para-hydroxylation sites is 1. The van der Waals surface area contributed by atoms with Crippen LogP contribution in [0.15, 0.2) is 82.8 Å². The van der Waals surface area contributed by atoms with Gasteiger partial charge in [0.2, 0.25) is 0 Å². The minimum absolute atomic E-state index is 0.106. The number of rotatable bonds is 4. The maximum absolute atomic E-state index is 13.0. The third kappa shape index (κ3) is 4.35. The molecule has 1 aliphatic rings. The van der Waals surface area contributed by atoms with Gasteiger partial charge in [-0.05, 0) is 23.8 Å². The normalized spacial score (nSPS) is 16.2. The third-order valence-electron chi connectivity index (χ3n) is 4.86. The number of carbonyl (C=O) groups is 1.